The summed E-state index contributed by atoms with van der Waals surface area (Å²) in [7, 11) is -2.36. The molecule has 2 atom stereocenters. The van der Waals surface area contributed by atoms with Gasteiger partial charge in [-0.2, -0.15) is 0 Å². The first-order valence-electron chi connectivity index (χ1n) is 13.2. The van der Waals surface area contributed by atoms with Gasteiger partial charge in [-0.25, -0.2) is 4.57 Å². The van der Waals surface area contributed by atoms with Crippen molar-refractivity contribution in [3.63, 3.8) is 0 Å². The quantitative estimate of drug-likeness (QED) is 0.101. The van der Waals surface area contributed by atoms with Gasteiger partial charge in [0.15, 0.2) is 0 Å². The predicted octanol–water partition coefficient (Wildman–Crippen LogP) is 7.68. The Morgan fingerprint density at radius 2 is 1.12 bits per heavy atom. The van der Waals surface area contributed by atoms with Crippen LogP contribution in [0.3, 0.4) is 0 Å². The van der Waals surface area contributed by atoms with Crippen molar-refractivity contribution in [2.45, 2.75) is 117 Å². The van der Waals surface area contributed by atoms with Crippen molar-refractivity contribution < 1.29 is 28.0 Å². The molecule has 0 aliphatic carbocycles. The molecule has 0 aromatic carbocycles. The van der Waals surface area contributed by atoms with Gasteiger partial charge in [0.1, 0.15) is 0 Å². The van der Waals surface area contributed by atoms with Crippen LogP contribution in [0.2, 0.25) is 0 Å². The number of unbranched alkanes of at least 4 members (excludes halogenated alkanes) is 15. The van der Waals surface area contributed by atoms with Crippen LogP contribution in [-0.2, 0) is 23.1 Å². The van der Waals surface area contributed by atoms with Gasteiger partial charge in [-0.15, -0.1) is 0 Å². The Labute approximate surface area is 198 Å². The van der Waals surface area contributed by atoms with E-state index in [-0.39, 0.29) is 19.1 Å². The van der Waals surface area contributed by atoms with E-state index in [0.29, 0.717) is 19.8 Å². The molecule has 0 fully saturated rings. The zero-order chi connectivity index (χ0) is 23.8. The van der Waals surface area contributed by atoms with E-state index in [0.717, 1.165) is 6.42 Å². The first kappa shape index (κ1) is 32.0. The Morgan fingerprint density at radius 1 is 0.656 bits per heavy atom. The highest BCUT2D eigenvalue weighted by molar-refractivity contribution is 7.47. The molecular formula is C25H53O6P. The number of rotatable bonds is 26. The van der Waals surface area contributed by atoms with Crippen molar-refractivity contribution in [1.29, 1.82) is 0 Å². The monoisotopic (exact) mass is 480 g/mol. The Kier molecular flexibility index (Phi) is 24.2. The Morgan fingerprint density at radius 3 is 1.56 bits per heavy atom. The highest BCUT2D eigenvalue weighted by atomic mass is 31.2. The fourth-order valence-corrected chi connectivity index (χ4v) is 4.58. The smallest absolute Gasteiger partial charge is 0.384 e. The number of phosphoric acid groups is 1. The zero-order valence-electron chi connectivity index (χ0n) is 21.4. The van der Waals surface area contributed by atoms with Crippen molar-refractivity contribution >= 4 is 7.82 Å². The molecule has 194 valence electrons. The van der Waals surface area contributed by atoms with Gasteiger partial charge in [0.05, 0.1) is 26.4 Å². The number of methoxy groups -OCH3 is 1. The van der Waals surface area contributed by atoms with Crippen LogP contribution in [0.5, 0.6) is 0 Å². The summed E-state index contributed by atoms with van der Waals surface area (Å²) >= 11 is 0. The molecule has 0 aliphatic heterocycles. The zero-order valence-corrected chi connectivity index (χ0v) is 22.3. The fraction of sp³-hybridized carbons (Fsp3) is 1.00. The molecule has 2 unspecified atom stereocenters. The topological polar surface area (TPSA) is 74.2 Å². The molecular weight excluding hydrogens is 427 g/mol. The van der Waals surface area contributed by atoms with Crippen LogP contribution < -0.4 is 0 Å². The lowest BCUT2D eigenvalue weighted by atomic mass is 10.0. The second kappa shape index (κ2) is 24.2. The minimum absolute atomic E-state index is 0.0815. The van der Waals surface area contributed by atoms with Crippen LogP contribution in [0, 0.1) is 5.92 Å². The van der Waals surface area contributed by atoms with Gasteiger partial charge in [0, 0.05) is 19.6 Å². The largest absolute Gasteiger partial charge is 0.472 e. The third-order valence-corrected chi connectivity index (χ3v) is 6.72. The lowest BCUT2D eigenvalue weighted by Crippen LogP contribution is -2.21. The summed E-state index contributed by atoms with van der Waals surface area (Å²) in [5.74, 6) is -0.0815. The molecule has 0 saturated heterocycles. The standard InChI is InChI=1S/C25H53O6P/c1-4-6-7-8-9-10-11-12-13-14-15-16-17-18-19-20-21-29-23-25(22-28-3)24-31-32(26,27)30-5-2/h25H,4-24H2,1-3H3,(H,26,27). The van der Waals surface area contributed by atoms with Crippen molar-refractivity contribution in [3.05, 3.63) is 0 Å². The second-order valence-electron chi connectivity index (χ2n) is 8.88. The lowest BCUT2D eigenvalue weighted by molar-refractivity contribution is 0.0263. The van der Waals surface area contributed by atoms with Crippen molar-refractivity contribution in [2.24, 2.45) is 5.92 Å². The van der Waals surface area contributed by atoms with Gasteiger partial charge >= 0.3 is 7.82 Å². The van der Waals surface area contributed by atoms with Crippen LogP contribution in [0.25, 0.3) is 0 Å². The van der Waals surface area contributed by atoms with Crippen LogP contribution in [0.4, 0.5) is 0 Å². The van der Waals surface area contributed by atoms with Crippen molar-refractivity contribution in [2.75, 3.05) is 40.1 Å². The van der Waals surface area contributed by atoms with Gasteiger partial charge in [-0.05, 0) is 13.3 Å². The molecule has 0 aliphatic rings. The predicted molar refractivity (Wildman–Crippen MR) is 133 cm³/mol. The summed E-state index contributed by atoms with van der Waals surface area (Å²) in [4.78, 5) is 9.49. The molecule has 0 radical (unpaired) electrons. The fourth-order valence-electron chi connectivity index (χ4n) is 3.78. The first-order valence-corrected chi connectivity index (χ1v) is 14.7. The summed E-state index contributed by atoms with van der Waals surface area (Å²) < 4.78 is 32.2. The van der Waals surface area contributed by atoms with Gasteiger partial charge in [0.25, 0.3) is 0 Å². The average Bonchev–Trinajstić information content (AvgIpc) is 2.76. The summed E-state index contributed by atoms with van der Waals surface area (Å²) in [5.41, 5.74) is 0. The van der Waals surface area contributed by atoms with E-state index in [4.69, 9.17) is 18.5 Å². The van der Waals surface area contributed by atoms with Crippen molar-refractivity contribution in [1.82, 2.24) is 0 Å². The summed E-state index contributed by atoms with van der Waals surface area (Å²) in [6.07, 6.45) is 21.7. The highest BCUT2D eigenvalue weighted by Crippen LogP contribution is 2.43. The molecule has 32 heavy (non-hydrogen) atoms. The van der Waals surface area contributed by atoms with E-state index in [1.807, 2.05) is 0 Å². The number of hydrogen-bond acceptors (Lipinski definition) is 5. The third kappa shape index (κ3) is 23.2. The normalized spacial score (nSPS) is 14.5. The van der Waals surface area contributed by atoms with E-state index in [1.165, 1.54) is 96.3 Å². The van der Waals surface area contributed by atoms with E-state index in [9.17, 15) is 9.46 Å². The molecule has 0 spiro atoms. The number of hydrogen-bond donors (Lipinski definition) is 1. The Hall–Kier alpha value is 0.0300. The number of ether oxygens (including phenoxy) is 2. The Bertz CT molecular complexity index is 421. The lowest BCUT2D eigenvalue weighted by Gasteiger charge is -2.18. The summed E-state index contributed by atoms with van der Waals surface area (Å²) in [5, 5.41) is 0. The Balaban J connectivity index is 3.41. The summed E-state index contributed by atoms with van der Waals surface area (Å²) in [6.45, 7) is 5.74. The van der Waals surface area contributed by atoms with Crippen molar-refractivity contribution in [3.8, 4) is 0 Å². The molecule has 6 nitrogen and oxygen atoms in total. The van der Waals surface area contributed by atoms with E-state index < -0.39 is 7.82 Å². The molecule has 1 N–H and O–H groups in total. The molecule has 0 aromatic heterocycles. The van der Waals surface area contributed by atoms with Gasteiger partial charge in [-0.3, -0.25) is 9.05 Å². The van der Waals surface area contributed by atoms with Crippen LogP contribution in [-0.4, -0.2) is 45.0 Å². The second-order valence-corrected chi connectivity index (χ2v) is 10.3. The van der Waals surface area contributed by atoms with Gasteiger partial charge in [-0.1, -0.05) is 103 Å². The van der Waals surface area contributed by atoms with Gasteiger partial charge in [0.2, 0.25) is 0 Å². The average molecular weight is 481 g/mol. The van der Waals surface area contributed by atoms with Gasteiger partial charge < -0.3 is 14.4 Å². The van der Waals surface area contributed by atoms with Crippen LogP contribution in [0.15, 0.2) is 0 Å². The van der Waals surface area contributed by atoms with E-state index in [2.05, 4.69) is 6.92 Å². The molecule has 7 heteroatoms. The first-order chi connectivity index (χ1) is 15.6. The van der Waals surface area contributed by atoms with E-state index in [1.54, 1.807) is 14.0 Å². The minimum Gasteiger partial charge on any atom is -0.384 e. The molecule has 0 heterocycles. The van der Waals surface area contributed by atoms with E-state index >= 15 is 0 Å². The summed E-state index contributed by atoms with van der Waals surface area (Å²) in [6, 6.07) is 0. The molecule has 0 amide bonds. The molecule has 0 bridgehead atoms. The maximum Gasteiger partial charge on any atom is 0.472 e. The van der Waals surface area contributed by atoms with Crippen LogP contribution in [0.1, 0.15) is 117 Å². The molecule has 0 aromatic rings. The maximum absolute atomic E-state index is 11.6. The minimum atomic E-state index is -3.96. The third-order valence-electron chi connectivity index (χ3n) is 5.66. The SMILES string of the molecule is CCCCCCCCCCCCCCCCCCOCC(COC)COP(=O)(O)OCC. The highest BCUT2D eigenvalue weighted by Gasteiger charge is 2.22. The molecule has 0 saturated carbocycles. The molecule has 0 rings (SSSR count). The maximum atomic E-state index is 11.6. The van der Waals surface area contributed by atoms with Crippen LogP contribution >= 0.6 is 7.82 Å². The number of phosphoric ester groups is 1.